The third kappa shape index (κ3) is 6.25. The molecule has 0 bridgehead atoms. The minimum Gasteiger partial charge on any atom is -0.396 e. The molecule has 5 rings (SSSR count). The maximum absolute atomic E-state index is 11.6. The highest BCUT2D eigenvalue weighted by molar-refractivity contribution is 5.48. The van der Waals surface area contributed by atoms with Gasteiger partial charge in [0.05, 0.1) is 31.5 Å². The molecular formula is C35H56O10. The Bertz CT molecular complexity index is 1140. The number of rotatable bonds is 10. The van der Waals surface area contributed by atoms with Gasteiger partial charge in [-0.1, -0.05) is 51.5 Å². The summed E-state index contributed by atoms with van der Waals surface area (Å²) in [5.41, 5.74) is 3.02. The molecule has 0 spiro atoms. The zero-order valence-corrected chi connectivity index (χ0v) is 27.2. The van der Waals surface area contributed by atoms with E-state index >= 15 is 0 Å². The van der Waals surface area contributed by atoms with Crippen molar-refractivity contribution in [2.45, 2.75) is 122 Å². The van der Waals surface area contributed by atoms with E-state index in [9.17, 15) is 40.9 Å². The number of aliphatic hydroxyl groups excluding tert-OH is 8. The van der Waals surface area contributed by atoms with Gasteiger partial charge in [-0.05, 0) is 84.7 Å². The summed E-state index contributed by atoms with van der Waals surface area (Å²) in [6, 6.07) is 0. The highest BCUT2D eigenvalue weighted by Crippen LogP contribution is 2.65. The van der Waals surface area contributed by atoms with Gasteiger partial charge in [0.2, 0.25) is 0 Å². The Hall–Kier alpha value is -1.18. The molecule has 10 nitrogen and oxygen atoms in total. The topological polar surface area (TPSA) is 180 Å². The Morgan fingerprint density at radius 1 is 1.04 bits per heavy atom. The fraction of sp³-hybridized carbons (Fsp3) is 0.829. The Labute approximate surface area is 267 Å². The maximum atomic E-state index is 11.6. The van der Waals surface area contributed by atoms with Gasteiger partial charge in [-0.25, -0.2) is 0 Å². The Balaban J connectivity index is 1.31. The molecule has 5 aliphatic rings. The molecule has 1 aliphatic heterocycles. The summed E-state index contributed by atoms with van der Waals surface area (Å²) >= 11 is 0. The van der Waals surface area contributed by atoms with Crippen LogP contribution < -0.4 is 0 Å². The van der Waals surface area contributed by atoms with E-state index in [4.69, 9.17) is 9.47 Å². The summed E-state index contributed by atoms with van der Waals surface area (Å²) in [5.74, 6) is 0.282. The van der Waals surface area contributed by atoms with Crippen molar-refractivity contribution in [1.82, 2.24) is 0 Å². The van der Waals surface area contributed by atoms with Crippen LogP contribution in [0.4, 0.5) is 0 Å². The molecule has 4 aliphatic carbocycles. The van der Waals surface area contributed by atoms with Gasteiger partial charge in [0.1, 0.15) is 24.4 Å². The lowest BCUT2D eigenvalue weighted by atomic mass is 9.51. The molecule has 0 radical (unpaired) electrons. The average Bonchev–Trinajstić information content (AvgIpc) is 3.29. The second-order valence-electron chi connectivity index (χ2n) is 15.1. The number of hydrogen-bond donors (Lipinski definition) is 8. The van der Waals surface area contributed by atoms with E-state index < -0.39 is 49.5 Å². The van der Waals surface area contributed by atoms with Crippen LogP contribution in [-0.2, 0) is 9.47 Å². The van der Waals surface area contributed by atoms with Crippen LogP contribution in [0.5, 0.6) is 0 Å². The predicted octanol–water partition coefficient (Wildman–Crippen LogP) is 1.58. The molecular weight excluding hydrogens is 580 g/mol. The largest absolute Gasteiger partial charge is 0.396 e. The van der Waals surface area contributed by atoms with E-state index in [1.165, 1.54) is 5.57 Å². The second kappa shape index (κ2) is 13.7. The van der Waals surface area contributed by atoms with Crippen molar-refractivity contribution in [3.63, 3.8) is 0 Å². The summed E-state index contributed by atoms with van der Waals surface area (Å²) in [6.07, 6.45) is 3.01. The van der Waals surface area contributed by atoms with Crippen LogP contribution in [0.3, 0.4) is 0 Å². The molecule has 0 aromatic rings. The van der Waals surface area contributed by atoms with Crippen LogP contribution in [0.2, 0.25) is 0 Å². The zero-order chi connectivity index (χ0) is 32.8. The Morgan fingerprint density at radius 2 is 1.78 bits per heavy atom. The third-order valence-corrected chi connectivity index (χ3v) is 12.5. The molecule has 10 heteroatoms. The molecule has 2 saturated carbocycles. The highest BCUT2D eigenvalue weighted by Gasteiger charge is 2.59. The third-order valence-electron chi connectivity index (χ3n) is 12.5. The summed E-state index contributed by atoms with van der Waals surface area (Å²) in [7, 11) is 0. The summed E-state index contributed by atoms with van der Waals surface area (Å²) < 4.78 is 11.7. The minimum absolute atomic E-state index is 0.0124. The van der Waals surface area contributed by atoms with Crippen LogP contribution in [0.25, 0.3) is 0 Å². The summed E-state index contributed by atoms with van der Waals surface area (Å²) in [5, 5.41) is 82.7. The van der Waals surface area contributed by atoms with Crippen LogP contribution >= 0.6 is 0 Å². The lowest BCUT2D eigenvalue weighted by molar-refractivity contribution is -0.315. The van der Waals surface area contributed by atoms with E-state index in [2.05, 4.69) is 26.8 Å². The van der Waals surface area contributed by atoms with Gasteiger partial charge in [-0.3, -0.25) is 0 Å². The van der Waals surface area contributed by atoms with Gasteiger partial charge in [0, 0.05) is 18.4 Å². The maximum Gasteiger partial charge on any atom is 0.186 e. The van der Waals surface area contributed by atoms with Crippen LogP contribution in [0, 0.1) is 40.4 Å². The van der Waals surface area contributed by atoms with E-state index in [0.29, 0.717) is 19.3 Å². The first kappa shape index (κ1) is 35.1. The lowest BCUT2D eigenvalue weighted by Gasteiger charge is -2.55. The number of fused-ring (bicyclic) bond motifs is 5. The first-order valence-corrected chi connectivity index (χ1v) is 17.0. The van der Waals surface area contributed by atoms with E-state index in [1.54, 1.807) is 6.08 Å². The summed E-state index contributed by atoms with van der Waals surface area (Å²) in [4.78, 5) is 0. The molecule has 0 amide bonds. The number of ether oxygens (including phenoxy) is 2. The standard InChI is InChI=1S/C35H56O10/c1-18(5-6-20(9-12-36)19(2)16-37)29-27(40)15-24-22-14-26(39)25-13-21(7-10-34(25,3)23(22)8-11-35(24,29)4)44-33-32(43)31(42)30(41)28(17-38)45-33/h8-9,14,18-19,21,24-33,36-43H,5-7,10-13,15-17H2,1-4H3/t18-,19-,21+,24+,25-,26-,27+,28-,29+,30-,31+,32-,33-,34-,35+/m1/s1. The van der Waals surface area contributed by atoms with Crippen molar-refractivity contribution in [2.24, 2.45) is 40.4 Å². The van der Waals surface area contributed by atoms with Crippen molar-refractivity contribution in [1.29, 1.82) is 0 Å². The molecule has 3 fully saturated rings. The summed E-state index contributed by atoms with van der Waals surface area (Å²) in [6.45, 7) is 8.14. The number of aliphatic hydroxyl groups is 8. The average molecular weight is 637 g/mol. The SMILES string of the molecule is C[C@H](CO)C(=CCO)CC[C@@H](C)[C@H]1[C@@H](O)C[C@H]2C3=C[C@@H](O)[C@H]4C[C@@H](O[C@@H]5O[C@H](CO)[C@@H](O)[C@H](O)[C@H]5O)CC[C@]4(C)C3=CC[C@]12C. The van der Waals surface area contributed by atoms with Crippen molar-refractivity contribution in [3.05, 3.63) is 34.9 Å². The molecule has 0 aromatic carbocycles. The molecule has 256 valence electrons. The van der Waals surface area contributed by atoms with E-state index in [1.807, 2.05) is 13.0 Å². The Morgan fingerprint density at radius 3 is 2.44 bits per heavy atom. The monoisotopic (exact) mass is 636 g/mol. The van der Waals surface area contributed by atoms with Gasteiger partial charge in [0.15, 0.2) is 6.29 Å². The minimum atomic E-state index is -1.50. The molecule has 1 heterocycles. The predicted molar refractivity (Wildman–Crippen MR) is 166 cm³/mol. The van der Waals surface area contributed by atoms with Crippen LogP contribution in [0.1, 0.15) is 72.6 Å². The normalized spacial score (nSPS) is 46.4. The van der Waals surface area contributed by atoms with E-state index in [-0.39, 0.29) is 59.7 Å². The van der Waals surface area contributed by atoms with Crippen molar-refractivity contribution in [2.75, 3.05) is 19.8 Å². The van der Waals surface area contributed by atoms with Gasteiger partial charge < -0.3 is 50.3 Å². The highest BCUT2D eigenvalue weighted by atomic mass is 16.7. The van der Waals surface area contributed by atoms with Gasteiger partial charge >= 0.3 is 0 Å². The molecule has 8 N–H and O–H groups in total. The molecule has 0 aromatic heterocycles. The first-order valence-electron chi connectivity index (χ1n) is 17.0. The fourth-order valence-electron chi connectivity index (χ4n) is 9.82. The van der Waals surface area contributed by atoms with Gasteiger partial charge in [-0.15, -0.1) is 0 Å². The van der Waals surface area contributed by atoms with Crippen molar-refractivity contribution >= 4 is 0 Å². The van der Waals surface area contributed by atoms with Crippen LogP contribution in [0.15, 0.2) is 34.9 Å². The number of hydrogen-bond acceptors (Lipinski definition) is 10. The van der Waals surface area contributed by atoms with Crippen molar-refractivity contribution in [3.8, 4) is 0 Å². The smallest absolute Gasteiger partial charge is 0.186 e. The van der Waals surface area contributed by atoms with Crippen molar-refractivity contribution < 1.29 is 50.3 Å². The zero-order valence-electron chi connectivity index (χ0n) is 27.2. The van der Waals surface area contributed by atoms with Gasteiger partial charge in [0.25, 0.3) is 0 Å². The molecule has 1 saturated heterocycles. The van der Waals surface area contributed by atoms with Crippen LogP contribution in [-0.4, -0.2) is 110 Å². The van der Waals surface area contributed by atoms with E-state index in [0.717, 1.165) is 36.8 Å². The lowest BCUT2D eigenvalue weighted by Crippen LogP contribution is -2.60. The Kier molecular flexibility index (Phi) is 10.7. The molecule has 15 atom stereocenters. The quantitative estimate of drug-likeness (QED) is 0.164. The van der Waals surface area contributed by atoms with Gasteiger partial charge in [-0.2, -0.15) is 0 Å². The first-order chi connectivity index (χ1) is 21.3. The number of allylic oxidation sites excluding steroid dienone is 3. The second-order valence-corrected chi connectivity index (χ2v) is 15.1. The fourth-order valence-corrected chi connectivity index (χ4v) is 9.82. The molecule has 0 unspecified atom stereocenters. The molecule has 45 heavy (non-hydrogen) atoms.